The first kappa shape index (κ1) is 21.5. The number of anilines is 3. The minimum absolute atomic E-state index is 0.289. The minimum Gasteiger partial charge on any atom is -0.360 e. The van der Waals surface area contributed by atoms with Crippen molar-refractivity contribution in [3.8, 4) is 11.3 Å². The molecule has 4 N–H and O–H groups in total. The molecule has 162 valence electrons. The Morgan fingerprint density at radius 2 is 1.94 bits per heavy atom. The number of nitrogens with one attached hydrogen (secondary N) is 4. The summed E-state index contributed by atoms with van der Waals surface area (Å²) in [5.74, 6) is 0.0483. The van der Waals surface area contributed by atoms with Crippen LogP contribution >= 0.6 is 11.6 Å². The van der Waals surface area contributed by atoms with Crippen LogP contribution in [0.2, 0.25) is 5.02 Å². The third-order valence-electron chi connectivity index (χ3n) is 4.69. The third-order valence-corrected chi connectivity index (χ3v) is 6.14. The second-order valence-corrected chi connectivity index (χ2v) is 9.61. The molecule has 2 aromatic heterocycles. The van der Waals surface area contributed by atoms with E-state index in [1.807, 2.05) is 12.1 Å². The quantitative estimate of drug-likeness (QED) is 0.291. The molecule has 1 atom stereocenters. The first-order valence-corrected chi connectivity index (χ1v) is 11.8. The standard InChI is InChI=1S/C22H19ClN6O2S/c1-3-20(30)27-14-6-9-16-17(11-25-19(16)10-14)21-18(23)12-26-22(29-21)28-13-4-7-15(8-5-13)32(2,24)31/h3-12,24-25H,1H2,2H3,(H,27,30)(H,26,28,29). The summed E-state index contributed by atoms with van der Waals surface area (Å²) in [7, 11) is -2.77. The van der Waals surface area contributed by atoms with Crippen LogP contribution in [0.4, 0.5) is 17.3 Å². The van der Waals surface area contributed by atoms with Crippen LogP contribution < -0.4 is 10.6 Å². The number of carbonyl (C=O) groups is 1. The number of fused-ring (bicyclic) bond motifs is 1. The molecular weight excluding hydrogens is 448 g/mol. The number of carbonyl (C=O) groups excluding carboxylic acids is 1. The lowest BCUT2D eigenvalue weighted by molar-refractivity contribution is -0.111. The Hall–Kier alpha value is -3.69. The van der Waals surface area contributed by atoms with Crippen LogP contribution in [0.1, 0.15) is 0 Å². The second-order valence-electron chi connectivity index (χ2n) is 7.04. The summed E-state index contributed by atoms with van der Waals surface area (Å²) in [5, 5.41) is 7.09. The molecule has 0 aliphatic heterocycles. The first-order valence-electron chi connectivity index (χ1n) is 9.43. The number of nitrogens with zero attached hydrogens (tertiary/aromatic N) is 2. The van der Waals surface area contributed by atoms with E-state index in [1.54, 1.807) is 36.5 Å². The Morgan fingerprint density at radius 1 is 1.22 bits per heavy atom. The Balaban J connectivity index is 1.65. The summed E-state index contributed by atoms with van der Waals surface area (Å²) in [6, 6.07) is 12.2. The van der Waals surface area contributed by atoms with Crippen molar-refractivity contribution >= 4 is 55.5 Å². The molecule has 0 aliphatic rings. The van der Waals surface area contributed by atoms with E-state index in [4.69, 9.17) is 16.4 Å². The summed E-state index contributed by atoms with van der Waals surface area (Å²) >= 11 is 6.39. The number of hydrogen-bond acceptors (Lipinski definition) is 6. The van der Waals surface area contributed by atoms with Crippen LogP contribution in [-0.2, 0) is 14.5 Å². The number of aromatic amines is 1. The maximum absolute atomic E-state index is 11.8. The highest BCUT2D eigenvalue weighted by molar-refractivity contribution is 7.91. The maximum atomic E-state index is 11.8. The smallest absolute Gasteiger partial charge is 0.247 e. The van der Waals surface area contributed by atoms with Gasteiger partial charge in [0.05, 0.1) is 26.6 Å². The number of amides is 1. The van der Waals surface area contributed by atoms with Gasteiger partial charge in [-0.1, -0.05) is 24.2 Å². The van der Waals surface area contributed by atoms with Gasteiger partial charge in [0, 0.05) is 45.2 Å². The molecule has 1 amide bonds. The van der Waals surface area contributed by atoms with E-state index >= 15 is 0 Å². The molecular formula is C22H19ClN6O2S. The van der Waals surface area contributed by atoms with E-state index in [2.05, 4.69) is 32.2 Å². The van der Waals surface area contributed by atoms with Crippen LogP contribution in [0.15, 0.2) is 72.4 Å². The van der Waals surface area contributed by atoms with Crippen molar-refractivity contribution in [1.82, 2.24) is 15.0 Å². The Labute approximate surface area is 189 Å². The lowest BCUT2D eigenvalue weighted by atomic mass is 10.1. The molecule has 4 rings (SSSR count). The van der Waals surface area contributed by atoms with Gasteiger partial charge in [0.1, 0.15) is 0 Å². The van der Waals surface area contributed by atoms with Crippen molar-refractivity contribution in [1.29, 1.82) is 4.78 Å². The Bertz CT molecular complexity index is 1450. The molecule has 0 saturated carbocycles. The van der Waals surface area contributed by atoms with E-state index < -0.39 is 9.73 Å². The Kier molecular flexibility index (Phi) is 5.68. The minimum atomic E-state index is -2.77. The SMILES string of the molecule is C=CC(=O)Nc1ccc2c(-c3nc(Nc4ccc(S(C)(=N)=O)cc4)ncc3Cl)c[nH]c2c1. The van der Waals surface area contributed by atoms with E-state index in [9.17, 15) is 9.00 Å². The molecule has 8 nitrogen and oxygen atoms in total. The number of rotatable bonds is 6. The first-order chi connectivity index (χ1) is 15.2. The number of H-pyrrole nitrogens is 1. The average molecular weight is 467 g/mol. The molecule has 2 heterocycles. The molecule has 32 heavy (non-hydrogen) atoms. The van der Waals surface area contributed by atoms with Gasteiger partial charge in [-0.25, -0.2) is 19.0 Å². The molecule has 0 saturated heterocycles. The monoisotopic (exact) mass is 466 g/mol. The fraction of sp³-hybridized carbons (Fsp3) is 0.0455. The van der Waals surface area contributed by atoms with E-state index in [-0.39, 0.29) is 5.91 Å². The fourth-order valence-electron chi connectivity index (χ4n) is 3.14. The van der Waals surface area contributed by atoms with Gasteiger partial charge in [-0.3, -0.25) is 4.79 Å². The van der Waals surface area contributed by atoms with Crippen molar-refractivity contribution < 1.29 is 9.00 Å². The number of benzene rings is 2. The zero-order valence-corrected chi connectivity index (χ0v) is 18.6. The molecule has 0 fully saturated rings. The van der Waals surface area contributed by atoms with Crippen molar-refractivity contribution in [3.05, 3.63) is 72.5 Å². The molecule has 0 radical (unpaired) electrons. The number of aromatic nitrogens is 3. The highest BCUT2D eigenvalue weighted by atomic mass is 35.5. The summed E-state index contributed by atoms with van der Waals surface area (Å²) in [5.41, 5.74) is 3.46. The molecule has 4 aromatic rings. The zero-order chi connectivity index (χ0) is 22.9. The number of hydrogen-bond donors (Lipinski definition) is 4. The van der Waals surface area contributed by atoms with Gasteiger partial charge in [0.15, 0.2) is 0 Å². The zero-order valence-electron chi connectivity index (χ0n) is 17.0. The van der Waals surface area contributed by atoms with Gasteiger partial charge in [-0.2, -0.15) is 0 Å². The maximum Gasteiger partial charge on any atom is 0.247 e. The fourth-order valence-corrected chi connectivity index (χ4v) is 3.98. The average Bonchev–Trinajstić information content (AvgIpc) is 3.18. The van der Waals surface area contributed by atoms with Gasteiger partial charge in [-0.15, -0.1) is 0 Å². The largest absolute Gasteiger partial charge is 0.360 e. The normalized spacial score (nSPS) is 12.8. The highest BCUT2D eigenvalue weighted by Crippen LogP contribution is 2.34. The third kappa shape index (κ3) is 4.48. The molecule has 0 aliphatic carbocycles. The van der Waals surface area contributed by atoms with E-state index in [0.29, 0.717) is 32.9 Å². The van der Waals surface area contributed by atoms with Crippen LogP contribution in [0.3, 0.4) is 0 Å². The van der Waals surface area contributed by atoms with Gasteiger partial charge < -0.3 is 15.6 Å². The van der Waals surface area contributed by atoms with E-state index in [0.717, 1.165) is 16.5 Å². The lowest BCUT2D eigenvalue weighted by Gasteiger charge is -2.09. The molecule has 1 unspecified atom stereocenters. The van der Waals surface area contributed by atoms with Gasteiger partial charge in [-0.05, 0) is 42.5 Å². The van der Waals surface area contributed by atoms with Crippen LogP contribution in [0, 0.1) is 4.78 Å². The Morgan fingerprint density at radius 3 is 2.62 bits per heavy atom. The predicted octanol–water partition coefficient (Wildman–Crippen LogP) is 5.18. The topological polar surface area (TPSA) is 124 Å². The molecule has 0 spiro atoms. The van der Waals surface area contributed by atoms with Crippen LogP contribution in [0.5, 0.6) is 0 Å². The van der Waals surface area contributed by atoms with Gasteiger partial charge in [0.25, 0.3) is 0 Å². The summed E-state index contributed by atoms with van der Waals surface area (Å²) in [6.07, 6.45) is 5.89. The second kappa shape index (κ2) is 8.45. The van der Waals surface area contributed by atoms with E-state index in [1.165, 1.54) is 18.5 Å². The van der Waals surface area contributed by atoms with Crippen molar-refractivity contribution in [2.45, 2.75) is 4.90 Å². The van der Waals surface area contributed by atoms with Crippen LogP contribution in [-0.4, -0.2) is 31.3 Å². The van der Waals surface area contributed by atoms with Crippen molar-refractivity contribution in [2.24, 2.45) is 0 Å². The van der Waals surface area contributed by atoms with Crippen LogP contribution in [0.25, 0.3) is 22.2 Å². The van der Waals surface area contributed by atoms with Gasteiger partial charge >= 0.3 is 0 Å². The van der Waals surface area contributed by atoms with Gasteiger partial charge in [0.2, 0.25) is 11.9 Å². The van der Waals surface area contributed by atoms with Crippen molar-refractivity contribution in [3.63, 3.8) is 0 Å². The lowest BCUT2D eigenvalue weighted by Crippen LogP contribution is -2.06. The summed E-state index contributed by atoms with van der Waals surface area (Å²) in [4.78, 5) is 24.0. The predicted molar refractivity (Wildman–Crippen MR) is 128 cm³/mol. The summed E-state index contributed by atoms with van der Waals surface area (Å²) < 4.78 is 19.5. The summed E-state index contributed by atoms with van der Waals surface area (Å²) in [6.45, 7) is 3.45. The highest BCUT2D eigenvalue weighted by Gasteiger charge is 2.14. The van der Waals surface area contributed by atoms with Crippen molar-refractivity contribution in [2.75, 3.05) is 16.9 Å². The molecule has 10 heteroatoms. The molecule has 0 bridgehead atoms. The number of halogens is 1. The molecule has 2 aromatic carbocycles.